The molecule has 0 unspecified atom stereocenters. The molecule has 0 fully saturated rings. The highest BCUT2D eigenvalue weighted by Gasteiger charge is 2.24. The molecule has 0 spiro atoms. The predicted molar refractivity (Wildman–Crippen MR) is 77.4 cm³/mol. The minimum atomic E-state index is -1.02. The van der Waals surface area contributed by atoms with Gasteiger partial charge in [0.2, 0.25) is 0 Å². The number of aryl methyl sites for hydroxylation is 2. The standard InChI is InChI=1S/C14H16N2O3S/c1-7-3-4-9-10(5-7)20-13-12(9)14(19)16(6-11(17)18)8(2)15-13/h7H,3-6H2,1-2H3,(H,17,18)/t7-/m1/s1. The quantitative estimate of drug-likeness (QED) is 0.918. The molecule has 20 heavy (non-hydrogen) atoms. The Morgan fingerprint density at radius 1 is 1.55 bits per heavy atom. The number of rotatable bonds is 2. The average Bonchev–Trinajstić information content (AvgIpc) is 2.71. The number of carboxylic acid groups (broad SMARTS) is 1. The Hall–Kier alpha value is -1.69. The number of hydrogen-bond acceptors (Lipinski definition) is 4. The highest BCUT2D eigenvalue weighted by atomic mass is 32.1. The van der Waals surface area contributed by atoms with Crippen LogP contribution in [0.15, 0.2) is 4.79 Å². The van der Waals surface area contributed by atoms with E-state index in [0.717, 1.165) is 29.7 Å². The van der Waals surface area contributed by atoms with Gasteiger partial charge in [-0.3, -0.25) is 14.2 Å². The Morgan fingerprint density at radius 2 is 2.30 bits per heavy atom. The Bertz CT molecular complexity index is 760. The van der Waals surface area contributed by atoms with Crippen LogP contribution in [-0.4, -0.2) is 20.6 Å². The van der Waals surface area contributed by atoms with Crippen LogP contribution in [0.3, 0.4) is 0 Å². The van der Waals surface area contributed by atoms with Gasteiger partial charge in [-0.1, -0.05) is 6.92 Å². The molecule has 0 aliphatic heterocycles. The molecule has 0 amide bonds. The van der Waals surface area contributed by atoms with Crippen molar-refractivity contribution in [1.29, 1.82) is 0 Å². The lowest BCUT2D eigenvalue weighted by atomic mass is 9.89. The summed E-state index contributed by atoms with van der Waals surface area (Å²) in [4.78, 5) is 29.9. The molecule has 1 aliphatic carbocycles. The van der Waals surface area contributed by atoms with Crippen molar-refractivity contribution in [3.8, 4) is 0 Å². The van der Waals surface area contributed by atoms with Gasteiger partial charge in [-0.05, 0) is 37.7 Å². The van der Waals surface area contributed by atoms with Crippen LogP contribution < -0.4 is 5.56 Å². The summed E-state index contributed by atoms with van der Waals surface area (Å²) in [6, 6.07) is 0. The summed E-state index contributed by atoms with van der Waals surface area (Å²) in [6.45, 7) is 3.58. The molecule has 0 saturated heterocycles. The van der Waals surface area contributed by atoms with Gasteiger partial charge in [0.25, 0.3) is 5.56 Å². The van der Waals surface area contributed by atoms with Gasteiger partial charge in [-0.2, -0.15) is 0 Å². The molecule has 2 heterocycles. The van der Waals surface area contributed by atoms with Crippen LogP contribution in [0.4, 0.5) is 0 Å². The molecule has 0 aromatic carbocycles. The molecule has 1 aliphatic rings. The maximum absolute atomic E-state index is 12.6. The molecule has 2 aromatic heterocycles. The van der Waals surface area contributed by atoms with E-state index < -0.39 is 5.97 Å². The second-order valence-electron chi connectivity index (χ2n) is 5.48. The maximum atomic E-state index is 12.6. The van der Waals surface area contributed by atoms with Crippen molar-refractivity contribution < 1.29 is 9.90 Å². The third kappa shape index (κ3) is 2.04. The summed E-state index contributed by atoms with van der Waals surface area (Å²) in [5, 5.41) is 9.57. The van der Waals surface area contributed by atoms with Crippen molar-refractivity contribution in [2.75, 3.05) is 0 Å². The number of aromatic nitrogens is 2. The van der Waals surface area contributed by atoms with E-state index in [1.165, 1.54) is 9.44 Å². The number of carbonyl (C=O) groups is 1. The monoisotopic (exact) mass is 292 g/mol. The summed E-state index contributed by atoms with van der Waals surface area (Å²) < 4.78 is 1.26. The second kappa shape index (κ2) is 4.70. The summed E-state index contributed by atoms with van der Waals surface area (Å²) in [7, 11) is 0. The zero-order valence-corrected chi connectivity index (χ0v) is 12.3. The van der Waals surface area contributed by atoms with Crippen LogP contribution >= 0.6 is 11.3 Å². The van der Waals surface area contributed by atoms with Gasteiger partial charge in [0.1, 0.15) is 17.2 Å². The fourth-order valence-electron chi connectivity index (χ4n) is 2.85. The van der Waals surface area contributed by atoms with E-state index in [9.17, 15) is 9.59 Å². The van der Waals surface area contributed by atoms with Gasteiger partial charge in [0.15, 0.2) is 0 Å². The summed E-state index contributed by atoms with van der Waals surface area (Å²) in [5.41, 5.74) is 0.890. The van der Waals surface area contributed by atoms with Crippen molar-refractivity contribution in [3.63, 3.8) is 0 Å². The first-order chi connectivity index (χ1) is 9.47. The topological polar surface area (TPSA) is 72.2 Å². The zero-order valence-electron chi connectivity index (χ0n) is 11.5. The lowest BCUT2D eigenvalue weighted by Crippen LogP contribution is -2.27. The van der Waals surface area contributed by atoms with Gasteiger partial charge in [0.05, 0.1) is 5.39 Å². The van der Waals surface area contributed by atoms with Crippen LogP contribution in [0.1, 0.15) is 29.6 Å². The molecule has 3 rings (SSSR count). The predicted octanol–water partition coefficient (Wildman–Crippen LogP) is 1.98. The largest absolute Gasteiger partial charge is 0.480 e. The number of carboxylic acids is 1. The first-order valence-electron chi connectivity index (χ1n) is 6.71. The minimum Gasteiger partial charge on any atom is -0.480 e. The minimum absolute atomic E-state index is 0.207. The van der Waals surface area contributed by atoms with Crippen molar-refractivity contribution >= 4 is 27.5 Å². The van der Waals surface area contributed by atoms with E-state index in [1.54, 1.807) is 18.3 Å². The zero-order chi connectivity index (χ0) is 14.4. The molecule has 0 bridgehead atoms. The Morgan fingerprint density at radius 3 is 3.00 bits per heavy atom. The van der Waals surface area contributed by atoms with Crippen LogP contribution in [0.5, 0.6) is 0 Å². The average molecular weight is 292 g/mol. The molecule has 106 valence electrons. The highest BCUT2D eigenvalue weighted by Crippen LogP contribution is 2.35. The Kier molecular flexibility index (Phi) is 3.12. The molecular weight excluding hydrogens is 276 g/mol. The van der Waals surface area contributed by atoms with Crippen molar-refractivity contribution in [1.82, 2.24) is 9.55 Å². The number of nitrogens with zero attached hydrogens (tertiary/aromatic N) is 2. The molecule has 6 heteroatoms. The van der Waals surface area contributed by atoms with E-state index in [1.807, 2.05) is 0 Å². The van der Waals surface area contributed by atoms with E-state index in [2.05, 4.69) is 11.9 Å². The fourth-order valence-corrected chi connectivity index (χ4v) is 4.27. The third-order valence-corrected chi connectivity index (χ3v) is 5.05. The number of fused-ring (bicyclic) bond motifs is 3. The lowest BCUT2D eigenvalue weighted by Gasteiger charge is -2.17. The normalized spacial score (nSPS) is 18.2. The highest BCUT2D eigenvalue weighted by molar-refractivity contribution is 7.18. The molecule has 0 radical (unpaired) electrons. The lowest BCUT2D eigenvalue weighted by molar-refractivity contribution is -0.137. The molecule has 1 atom stereocenters. The molecular formula is C14H16N2O3S. The molecule has 2 aromatic rings. The molecule has 0 saturated carbocycles. The van der Waals surface area contributed by atoms with Gasteiger partial charge in [-0.25, -0.2) is 4.98 Å². The molecule has 5 nitrogen and oxygen atoms in total. The van der Waals surface area contributed by atoms with Gasteiger partial charge >= 0.3 is 5.97 Å². The van der Waals surface area contributed by atoms with Crippen molar-refractivity contribution in [3.05, 3.63) is 26.6 Å². The van der Waals surface area contributed by atoms with Gasteiger partial charge < -0.3 is 5.11 Å². The number of thiophene rings is 1. The van der Waals surface area contributed by atoms with E-state index in [4.69, 9.17) is 5.11 Å². The van der Waals surface area contributed by atoms with Crippen LogP contribution in [0.2, 0.25) is 0 Å². The SMILES string of the molecule is Cc1nc2sc3c(c2c(=O)n1CC(=O)O)CC[C@@H](C)C3. The number of aliphatic carboxylic acids is 1. The summed E-state index contributed by atoms with van der Waals surface area (Å²) >= 11 is 1.59. The second-order valence-corrected chi connectivity index (χ2v) is 6.56. The van der Waals surface area contributed by atoms with Gasteiger partial charge in [0, 0.05) is 4.88 Å². The third-order valence-electron chi connectivity index (χ3n) is 3.90. The first kappa shape index (κ1) is 13.3. The maximum Gasteiger partial charge on any atom is 0.323 e. The van der Waals surface area contributed by atoms with Crippen LogP contribution in [0.25, 0.3) is 10.2 Å². The Labute approximate surface area is 119 Å². The Balaban J connectivity index is 2.26. The van der Waals surface area contributed by atoms with Crippen LogP contribution in [-0.2, 0) is 24.2 Å². The van der Waals surface area contributed by atoms with Crippen molar-refractivity contribution in [2.24, 2.45) is 5.92 Å². The van der Waals surface area contributed by atoms with Gasteiger partial charge in [-0.15, -0.1) is 11.3 Å². The summed E-state index contributed by atoms with van der Waals surface area (Å²) in [6.07, 6.45) is 2.96. The van der Waals surface area contributed by atoms with E-state index in [-0.39, 0.29) is 12.1 Å². The smallest absolute Gasteiger partial charge is 0.323 e. The first-order valence-corrected chi connectivity index (χ1v) is 7.52. The fraction of sp³-hybridized carbons (Fsp3) is 0.500. The van der Waals surface area contributed by atoms with E-state index in [0.29, 0.717) is 17.1 Å². The number of hydrogen-bond donors (Lipinski definition) is 1. The summed E-state index contributed by atoms with van der Waals surface area (Å²) in [5.74, 6) is 0.0866. The van der Waals surface area contributed by atoms with E-state index >= 15 is 0 Å². The van der Waals surface area contributed by atoms with Crippen molar-refractivity contribution in [2.45, 2.75) is 39.7 Å². The van der Waals surface area contributed by atoms with Crippen LogP contribution in [0, 0.1) is 12.8 Å². The molecule has 1 N–H and O–H groups in total.